The molecule has 0 heterocycles. The maximum atomic E-state index is 13.1. The molecule has 1 amide bonds. The van der Waals surface area contributed by atoms with E-state index < -0.39 is 11.7 Å². The number of benzene rings is 2. The van der Waals surface area contributed by atoms with Crippen LogP contribution in [0, 0.1) is 5.82 Å². The van der Waals surface area contributed by atoms with Gasteiger partial charge in [-0.25, -0.2) is 4.39 Å². The van der Waals surface area contributed by atoms with Crippen LogP contribution in [0.1, 0.15) is 10.4 Å². The Labute approximate surface area is 119 Å². The number of hydrogen-bond acceptors (Lipinski definition) is 3. The summed E-state index contributed by atoms with van der Waals surface area (Å²) in [5, 5.41) is 12.5. The number of aromatic hydroxyl groups is 1. The van der Waals surface area contributed by atoms with Crippen molar-refractivity contribution in [1.29, 1.82) is 0 Å². The summed E-state index contributed by atoms with van der Waals surface area (Å²) in [6.07, 6.45) is 0. The molecule has 0 saturated carbocycles. The molecule has 0 unspecified atom stereocenters. The van der Waals surface area contributed by atoms with Gasteiger partial charge in [0.15, 0.2) is 0 Å². The minimum atomic E-state index is -0.664. The largest absolute Gasteiger partial charge is 0.507 e. The molecule has 0 aromatic heterocycles. The molecule has 2 aromatic rings. The van der Waals surface area contributed by atoms with Crippen molar-refractivity contribution in [3.05, 3.63) is 52.8 Å². The first kappa shape index (κ1) is 14.1. The van der Waals surface area contributed by atoms with Crippen LogP contribution in [-0.4, -0.2) is 18.1 Å². The number of ether oxygens (including phenoxy) is 1. The van der Waals surface area contributed by atoms with Gasteiger partial charge in [0, 0.05) is 5.02 Å². The summed E-state index contributed by atoms with van der Waals surface area (Å²) in [6.45, 7) is 0. The van der Waals surface area contributed by atoms with Crippen molar-refractivity contribution in [3.8, 4) is 11.5 Å². The minimum absolute atomic E-state index is 0.174. The predicted octanol–water partition coefficient (Wildman–Crippen LogP) is 3.45. The number of methoxy groups -OCH3 is 1. The molecular weight excluding hydrogens is 285 g/mol. The third-order valence-corrected chi connectivity index (χ3v) is 2.85. The Bertz CT molecular complexity index is 661. The van der Waals surface area contributed by atoms with Crippen LogP contribution in [0.3, 0.4) is 0 Å². The number of hydrogen-bond donors (Lipinski definition) is 2. The second-order valence-corrected chi connectivity index (χ2v) is 4.40. The van der Waals surface area contributed by atoms with Gasteiger partial charge in [0.2, 0.25) is 0 Å². The summed E-state index contributed by atoms with van der Waals surface area (Å²) < 4.78 is 18.2. The number of nitrogens with one attached hydrogen (secondary N) is 1. The Kier molecular flexibility index (Phi) is 4.10. The molecule has 104 valence electrons. The van der Waals surface area contributed by atoms with E-state index in [4.69, 9.17) is 16.3 Å². The van der Waals surface area contributed by atoms with Gasteiger partial charge in [-0.1, -0.05) is 11.6 Å². The Hall–Kier alpha value is -2.27. The molecule has 2 aromatic carbocycles. The highest BCUT2D eigenvalue weighted by atomic mass is 35.5. The average Bonchev–Trinajstić information content (AvgIpc) is 2.41. The van der Waals surface area contributed by atoms with E-state index in [-0.39, 0.29) is 11.3 Å². The molecule has 0 saturated heterocycles. The van der Waals surface area contributed by atoms with E-state index in [1.165, 1.54) is 13.2 Å². The van der Waals surface area contributed by atoms with E-state index in [2.05, 4.69) is 5.32 Å². The van der Waals surface area contributed by atoms with E-state index in [1.807, 2.05) is 0 Å². The van der Waals surface area contributed by atoms with Crippen molar-refractivity contribution in [2.24, 2.45) is 0 Å². The summed E-state index contributed by atoms with van der Waals surface area (Å²) in [5.74, 6) is -1.20. The van der Waals surface area contributed by atoms with Crippen LogP contribution >= 0.6 is 11.6 Å². The number of carbonyl (C=O) groups is 1. The number of carbonyl (C=O) groups excluding carboxylic acids is 1. The lowest BCUT2D eigenvalue weighted by Gasteiger charge is -2.11. The Morgan fingerprint density at radius 3 is 2.75 bits per heavy atom. The van der Waals surface area contributed by atoms with Crippen molar-refractivity contribution in [2.75, 3.05) is 12.4 Å². The first-order valence-corrected chi connectivity index (χ1v) is 6.02. The molecule has 0 aliphatic heterocycles. The predicted molar refractivity (Wildman–Crippen MR) is 74.0 cm³/mol. The fraction of sp³-hybridized carbons (Fsp3) is 0.0714. The highest BCUT2D eigenvalue weighted by Crippen LogP contribution is 2.29. The van der Waals surface area contributed by atoms with Gasteiger partial charge in [-0.05, 0) is 36.4 Å². The summed E-state index contributed by atoms with van der Waals surface area (Å²) >= 11 is 5.84. The van der Waals surface area contributed by atoms with E-state index in [0.717, 1.165) is 18.2 Å². The number of rotatable bonds is 3. The lowest BCUT2D eigenvalue weighted by molar-refractivity contribution is 0.102. The van der Waals surface area contributed by atoms with Crippen LogP contribution in [0.25, 0.3) is 0 Å². The zero-order valence-electron chi connectivity index (χ0n) is 10.5. The number of amides is 1. The van der Waals surface area contributed by atoms with Crippen molar-refractivity contribution in [2.45, 2.75) is 0 Å². The topological polar surface area (TPSA) is 58.6 Å². The summed E-state index contributed by atoms with van der Waals surface area (Å²) in [5.41, 5.74) is 0.153. The second-order valence-electron chi connectivity index (χ2n) is 3.96. The molecule has 2 rings (SSSR count). The lowest BCUT2D eigenvalue weighted by atomic mass is 10.1. The third kappa shape index (κ3) is 3.00. The third-order valence-electron chi connectivity index (χ3n) is 2.61. The first-order chi connectivity index (χ1) is 9.51. The Balaban J connectivity index is 2.32. The molecule has 20 heavy (non-hydrogen) atoms. The minimum Gasteiger partial charge on any atom is -0.507 e. The maximum Gasteiger partial charge on any atom is 0.259 e. The molecule has 0 atom stereocenters. The molecule has 4 nitrogen and oxygen atoms in total. The SMILES string of the molecule is COc1ccc(Cl)cc1NC(=O)c1cc(F)ccc1O. The molecule has 2 N–H and O–H groups in total. The number of phenols is 1. The molecule has 6 heteroatoms. The van der Waals surface area contributed by atoms with Gasteiger partial charge in [0.25, 0.3) is 5.91 Å². The molecule has 0 fully saturated rings. The lowest BCUT2D eigenvalue weighted by Crippen LogP contribution is -2.13. The van der Waals surface area contributed by atoms with E-state index >= 15 is 0 Å². The average molecular weight is 296 g/mol. The van der Waals surface area contributed by atoms with Crippen LogP contribution in [0.2, 0.25) is 5.02 Å². The molecule has 0 aliphatic carbocycles. The Morgan fingerprint density at radius 2 is 2.05 bits per heavy atom. The fourth-order valence-corrected chi connectivity index (χ4v) is 1.83. The fourth-order valence-electron chi connectivity index (χ4n) is 1.66. The van der Waals surface area contributed by atoms with Gasteiger partial charge in [-0.3, -0.25) is 4.79 Å². The van der Waals surface area contributed by atoms with Crippen LogP contribution in [0.4, 0.5) is 10.1 Å². The number of anilines is 1. The van der Waals surface area contributed by atoms with Crippen molar-refractivity contribution < 1.29 is 19.0 Å². The normalized spacial score (nSPS) is 10.2. The van der Waals surface area contributed by atoms with E-state index in [1.54, 1.807) is 12.1 Å². The van der Waals surface area contributed by atoms with Crippen LogP contribution in [0.15, 0.2) is 36.4 Å². The molecule has 0 bridgehead atoms. The van der Waals surface area contributed by atoms with E-state index in [9.17, 15) is 14.3 Å². The molecule has 0 radical (unpaired) electrons. The number of halogens is 2. The highest BCUT2D eigenvalue weighted by Gasteiger charge is 2.14. The van der Waals surface area contributed by atoms with Gasteiger partial charge in [0.05, 0.1) is 18.4 Å². The summed E-state index contributed by atoms with van der Waals surface area (Å²) in [7, 11) is 1.44. The van der Waals surface area contributed by atoms with Gasteiger partial charge >= 0.3 is 0 Å². The van der Waals surface area contributed by atoms with Crippen molar-refractivity contribution in [1.82, 2.24) is 0 Å². The van der Waals surface area contributed by atoms with Crippen LogP contribution in [-0.2, 0) is 0 Å². The zero-order chi connectivity index (χ0) is 14.7. The molecule has 0 spiro atoms. The quantitative estimate of drug-likeness (QED) is 0.912. The van der Waals surface area contributed by atoms with E-state index in [0.29, 0.717) is 16.5 Å². The van der Waals surface area contributed by atoms with Gasteiger partial charge in [-0.15, -0.1) is 0 Å². The monoisotopic (exact) mass is 295 g/mol. The number of phenolic OH excluding ortho intramolecular Hbond substituents is 1. The molecular formula is C14H11ClFNO3. The smallest absolute Gasteiger partial charge is 0.259 e. The Morgan fingerprint density at radius 1 is 1.30 bits per heavy atom. The van der Waals surface area contributed by atoms with Crippen molar-refractivity contribution >= 4 is 23.2 Å². The van der Waals surface area contributed by atoms with Gasteiger partial charge in [0.1, 0.15) is 17.3 Å². The first-order valence-electron chi connectivity index (χ1n) is 5.64. The molecule has 0 aliphatic rings. The van der Waals surface area contributed by atoms with Gasteiger partial charge in [-0.2, -0.15) is 0 Å². The summed E-state index contributed by atoms with van der Waals surface area (Å²) in [6, 6.07) is 7.81. The standard InChI is InChI=1S/C14H11ClFNO3/c1-20-13-5-2-8(15)6-11(13)17-14(19)10-7-9(16)3-4-12(10)18/h2-7,18H,1H3,(H,17,19). The maximum absolute atomic E-state index is 13.1. The van der Waals surface area contributed by atoms with Crippen LogP contribution < -0.4 is 10.1 Å². The van der Waals surface area contributed by atoms with Gasteiger partial charge < -0.3 is 15.2 Å². The van der Waals surface area contributed by atoms with Crippen LogP contribution in [0.5, 0.6) is 11.5 Å². The zero-order valence-corrected chi connectivity index (χ0v) is 11.2. The highest BCUT2D eigenvalue weighted by molar-refractivity contribution is 6.31. The van der Waals surface area contributed by atoms with Crippen molar-refractivity contribution in [3.63, 3.8) is 0 Å². The second kappa shape index (κ2) is 5.79. The summed E-state index contributed by atoms with van der Waals surface area (Å²) in [4.78, 5) is 12.0.